The normalized spacial score (nSPS) is 12.5. The van der Waals surface area contributed by atoms with Gasteiger partial charge < -0.3 is 20.1 Å². The summed E-state index contributed by atoms with van der Waals surface area (Å²) in [5.74, 6) is -0.497. The number of sulfonamides is 1. The predicted octanol–water partition coefficient (Wildman–Crippen LogP) is 5.71. The van der Waals surface area contributed by atoms with E-state index in [1.165, 1.54) is 22.3 Å². The number of rotatable bonds is 15. The summed E-state index contributed by atoms with van der Waals surface area (Å²) in [5, 5.41) is 14.6. The van der Waals surface area contributed by atoms with Crippen LogP contribution in [0.2, 0.25) is 0 Å². The van der Waals surface area contributed by atoms with Crippen LogP contribution in [0.3, 0.4) is 0 Å². The first-order valence-corrected chi connectivity index (χ1v) is 17.3. The van der Waals surface area contributed by atoms with Crippen molar-refractivity contribution < 1.29 is 27.9 Å². The summed E-state index contributed by atoms with van der Waals surface area (Å²) in [4.78, 5) is 28.5. The van der Waals surface area contributed by atoms with Crippen molar-refractivity contribution in [2.24, 2.45) is 0 Å². The summed E-state index contributed by atoms with van der Waals surface area (Å²) in [5.41, 5.74) is 4.22. The number of anilines is 1. The number of hydrogen-bond donors (Lipinski definition) is 2. The lowest BCUT2D eigenvalue weighted by atomic mass is 10.00. The van der Waals surface area contributed by atoms with Gasteiger partial charge in [-0.1, -0.05) is 103 Å². The quantitative estimate of drug-likeness (QED) is 0.169. The van der Waals surface area contributed by atoms with E-state index >= 15 is 0 Å². The molecule has 47 heavy (non-hydrogen) atoms. The molecule has 0 unspecified atom stereocenters. The minimum Gasteiger partial charge on any atom is -0.445 e. The van der Waals surface area contributed by atoms with Gasteiger partial charge in [-0.25, -0.2) is 13.2 Å². The number of amides is 2. The van der Waals surface area contributed by atoms with Crippen molar-refractivity contribution in [1.82, 2.24) is 10.2 Å². The van der Waals surface area contributed by atoms with Gasteiger partial charge in [-0.05, 0) is 54.7 Å². The van der Waals surface area contributed by atoms with Gasteiger partial charge in [-0.2, -0.15) is 0 Å². The van der Waals surface area contributed by atoms with Crippen molar-refractivity contribution in [3.05, 3.63) is 137 Å². The Hall–Kier alpha value is -4.67. The van der Waals surface area contributed by atoms with Crippen molar-refractivity contribution in [3.63, 3.8) is 0 Å². The number of hydrogen-bond acceptors (Lipinski definition) is 6. The smallest absolute Gasteiger partial charge is 0.410 e. The average molecular weight is 658 g/mol. The van der Waals surface area contributed by atoms with Gasteiger partial charge in [0.05, 0.1) is 30.1 Å². The largest absolute Gasteiger partial charge is 0.445 e. The summed E-state index contributed by atoms with van der Waals surface area (Å²) in [6.45, 7) is 3.91. The SMILES string of the molecule is CCCS(=O)(=O)N(C)c1cccc(C(=O)N[C@@H](Cc2ccccc2)[C@H](O)CN(Cc2cccc(C)c2)C(=O)OCc2ccccc2)c1. The highest BCUT2D eigenvalue weighted by molar-refractivity contribution is 7.92. The molecule has 0 aliphatic rings. The molecule has 0 fully saturated rings. The lowest BCUT2D eigenvalue weighted by molar-refractivity contribution is 0.0500. The van der Waals surface area contributed by atoms with Crippen molar-refractivity contribution in [2.75, 3.05) is 23.7 Å². The van der Waals surface area contributed by atoms with Gasteiger partial charge in [-0.3, -0.25) is 9.10 Å². The maximum Gasteiger partial charge on any atom is 0.410 e. The molecule has 2 N–H and O–H groups in total. The van der Waals surface area contributed by atoms with Crippen molar-refractivity contribution >= 4 is 27.7 Å². The summed E-state index contributed by atoms with van der Waals surface area (Å²) >= 11 is 0. The second-order valence-electron chi connectivity index (χ2n) is 11.6. The Labute approximate surface area is 277 Å². The van der Waals surface area contributed by atoms with E-state index in [9.17, 15) is 23.1 Å². The highest BCUT2D eigenvalue weighted by atomic mass is 32.2. The topological polar surface area (TPSA) is 116 Å². The Morgan fingerprint density at radius 1 is 0.851 bits per heavy atom. The Balaban J connectivity index is 1.57. The number of nitrogens with zero attached hydrogens (tertiary/aromatic N) is 2. The summed E-state index contributed by atoms with van der Waals surface area (Å²) < 4.78 is 32.2. The molecule has 0 heterocycles. The van der Waals surface area contributed by atoms with Crippen LogP contribution in [0.4, 0.5) is 10.5 Å². The third-order valence-corrected chi connectivity index (χ3v) is 9.73. The lowest BCUT2D eigenvalue weighted by Crippen LogP contribution is -2.50. The number of aliphatic hydroxyl groups is 1. The first-order chi connectivity index (χ1) is 22.6. The molecule has 10 heteroatoms. The third kappa shape index (κ3) is 10.4. The van der Waals surface area contributed by atoms with Crippen LogP contribution in [0.5, 0.6) is 0 Å². The van der Waals surface area contributed by atoms with Crippen LogP contribution in [-0.2, 0) is 34.3 Å². The highest BCUT2D eigenvalue weighted by Gasteiger charge is 2.28. The Morgan fingerprint density at radius 3 is 2.15 bits per heavy atom. The van der Waals surface area contributed by atoms with Crippen LogP contribution in [0, 0.1) is 6.92 Å². The summed E-state index contributed by atoms with van der Waals surface area (Å²) in [7, 11) is -2.08. The zero-order chi connectivity index (χ0) is 33.8. The Morgan fingerprint density at radius 2 is 1.49 bits per heavy atom. The van der Waals surface area contributed by atoms with E-state index in [0.29, 0.717) is 12.1 Å². The van der Waals surface area contributed by atoms with Crippen LogP contribution in [0.25, 0.3) is 0 Å². The molecule has 0 saturated heterocycles. The minimum absolute atomic E-state index is 0.0158. The fourth-order valence-corrected chi connectivity index (χ4v) is 6.42. The molecule has 0 aliphatic heterocycles. The van der Waals surface area contributed by atoms with E-state index in [1.807, 2.05) is 91.9 Å². The van der Waals surface area contributed by atoms with Gasteiger partial charge >= 0.3 is 6.09 Å². The third-order valence-electron chi connectivity index (χ3n) is 7.76. The first-order valence-electron chi connectivity index (χ1n) is 15.7. The number of aliphatic hydroxyl groups excluding tert-OH is 1. The first kappa shape index (κ1) is 35.2. The molecular weight excluding hydrogens is 614 g/mol. The predicted molar refractivity (Wildman–Crippen MR) is 185 cm³/mol. The van der Waals surface area contributed by atoms with Gasteiger partial charge in [0.2, 0.25) is 10.0 Å². The average Bonchev–Trinajstić information content (AvgIpc) is 3.07. The Bertz CT molecular complexity index is 1720. The number of benzene rings is 4. The van der Waals surface area contributed by atoms with Gasteiger partial charge in [0.25, 0.3) is 5.91 Å². The van der Waals surface area contributed by atoms with E-state index in [4.69, 9.17) is 4.74 Å². The van der Waals surface area contributed by atoms with E-state index in [2.05, 4.69) is 5.32 Å². The fraction of sp³-hybridized carbons (Fsp3) is 0.297. The molecule has 0 aliphatic carbocycles. The minimum atomic E-state index is -3.54. The van der Waals surface area contributed by atoms with Gasteiger partial charge in [-0.15, -0.1) is 0 Å². The summed E-state index contributed by atoms with van der Waals surface area (Å²) in [6.07, 6.45) is -1.02. The van der Waals surface area contributed by atoms with E-state index in [0.717, 1.165) is 22.3 Å². The summed E-state index contributed by atoms with van der Waals surface area (Å²) in [6, 6.07) is 32.1. The number of carbonyl (C=O) groups is 2. The molecule has 0 bridgehead atoms. The lowest BCUT2D eigenvalue weighted by Gasteiger charge is -2.30. The maximum atomic E-state index is 13.6. The monoisotopic (exact) mass is 657 g/mol. The molecular formula is C37H43N3O6S. The second-order valence-corrected chi connectivity index (χ2v) is 13.7. The maximum absolute atomic E-state index is 13.6. The van der Waals surface area contributed by atoms with Crippen LogP contribution in [0.15, 0.2) is 109 Å². The van der Waals surface area contributed by atoms with Gasteiger partial charge in [0, 0.05) is 19.2 Å². The molecule has 0 radical (unpaired) electrons. The molecule has 2 atom stereocenters. The number of aryl methyl sites for hydroxylation is 1. The van der Waals surface area contributed by atoms with E-state index < -0.39 is 34.2 Å². The molecule has 9 nitrogen and oxygen atoms in total. The molecule has 248 valence electrons. The zero-order valence-corrected chi connectivity index (χ0v) is 27.9. The molecule has 2 amide bonds. The number of ether oxygens (including phenoxy) is 1. The van der Waals surface area contributed by atoms with Crippen molar-refractivity contribution in [1.29, 1.82) is 0 Å². The second kappa shape index (κ2) is 16.8. The Kier molecular flexibility index (Phi) is 12.5. The standard InChI is InChI=1S/C37H43N3O6S/c1-4-21-47(44,45)39(3)33-20-12-19-32(24-33)36(42)38-34(23-29-14-7-5-8-15-29)35(41)26-40(25-31-18-11-13-28(2)22-31)37(43)46-27-30-16-9-6-10-17-30/h5-20,22,24,34-35,41H,4,21,23,25-27H2,1-3H3,(H,38,42)/t34-,35+/m0/s1. The zero-order valence-electron chi connectivity index (χ0n) is 27.1. The molecule has 4 aromatic rings. The molecule has 4 rings (SSSR count). The van der Waals surface area contributed by atoms with Crippen LogP contribution in [0.1, 0.15) is 46.0 Å². The number of nitrogens with one attached hydrogen (secondary N) is 1. The van der Waals surface area contributed by atoms with Crippen LogP contribution < -0.4 is 9.62 Å². The molecule has 0 aromatic heterocycles. The van der Waals surface area contributed by atoms with Crippen LogP contribution in [-0.4, -0.2) is 61.9 Å². The molecule has 0 saturated carbocycles. The molecule has 0 spiro atoms. The molecule has 4 aromatic carbocycles. The van der Waals surface area contributed by atoms with E-state index in [-0.39, 0.29) is 37.4 Å². The van der Waals surface area contributed by atoms with Gasteiger partial charge in [0.15, 0.2) is 0 Å². The fourth-order valence-electron chi connectivity index (χ4n) is 5.20. The van der Waals surface area contributed by atoms with Crippen molar-refractivity contribution in [2.45, 2.75) is 52.0 Å². The van der Waals surface area contributed by atoms with Crippen LogP contribution >= 0.6 is 0 Å². The van der Waals surface area contributed by atoms with E-state index in [1.54, 1.807) is 25.1 Å². The van der Waals surface area contributed by atoms with Crippen molar-refractivity contribution in [3.8, 4) is 0 Å². The highest BCUT2D eigenvalue weighted by Crippen LogP contribution is 2.20. The number of carbonyl (C=O) groups excluding carboxylic acids is 2. The van der Waals surface area contributed by atoms with Gasteiger partial charge in [0.1, 0.15) is 6.61 Å².